The fourth-order valence-electron chi connectivity index (χ4n) is 1.99. The van der Waals surface area contributed by atoms with Gasteiger partial charge in [-0.25, -0.2) is 0 Å². The summed E-state index contributed by atoms with van der Waals surface area (Å²) < 4.78 is 5.26. The molecule has 2 N–H and O–H groups in total. The fourth-order valence-corrected chi connectivity index (χ4v) is 1.99. The van der Waals surface area contributed by atoms with Gasteiger partial charge in [0.15, 0.2) is 5.82 Å². The van der Waals surface area contributed by atoms with Gasteiger partial charge >= 0.3 is 0 Å². The van der Waals surface area contributed by atoms with Crippen LogP contribution in [0.5, 0.6) is 0 Å². The van der Waals surface area contributed by atoms with E-state index < -0.39 is 0 Å². The van der Waals surface area contributed by atoms with E-state index in [2.05, 4.69) is 44.9 Å². The Morgan fingerprint density at radius 2 is 2.00 bits per heavy atom. The van der Waals surface area contributed by atoms with Crippen molar-refractivity contribution in [1.29, 1.82) is 0 Å². The lowest BCUT2D eigenvalue weighted by Crippen LogP contribution is -2.05. The van der Waals surface area contributed by atoms with E-state index in [1.165, 1.54) is 5.56 Å². The van der Waals surface area contributed by atoms with Crippen molar-refractivity contribution in [2.24, 2.45) is 0 Å². The Bertz CT molecular complexity index is 710. The summed E-state index contributed by atoms with van der Waals surface area (Å²) in [6.45, 7) is 2.68. The number of furan rings is 1. The van der Waals surface area contributed by atoms with Gasteiger partial charge in [-0.3, -0.25) is 0 Å². The molecule has 3 aromatic rings. The summed E-state index contributed by atoms with van der Waals surface area (Å²) in [4.78, 5) is 4.37. The standard InChI is InChI=1S/C16H17N5O/c1-2-12-5-7-13(8-6-12)19-16-20-15(11-18-21-16)17-10-14-4-3-9-22-14/h3-9,11H,2,10H2,1H3,(H2,17,19,20,21). The third-order valence-electron chi connectivity index (χ3n) is 3.20. The molecule has 22 heavy (non-hydrogen) atoms. The summed E-state index contributed by atoms with van der Waals surface area (Å²) in [7, 11) is 0. The Hall–Kier alpha value is -2.89. The Kier molecular flexibility index (Phi) is 4.29. The van der Waals surface area contributed by atoms with Crippen LogP contribution in [0.4, 0.5) is 17.5 Å². The van der Waals surface area contributed by atoms with E-state index in [1.807, 2.05) is 24.3 Å². The second-order valence-electron chi connectivity index (χ2n) is 4.77. The van der Waals surface area contributed by atoms with Crippen molar-refractivity contribution in [2.75, 3.05) is 10.6 Å². The number of hydrogen-bond acceptors (Lipinski definition) is 6. The predicted molar refractivity (Wildman–Crippen MR) is 85.0 cm³/mol. The molecule has 0 spiro atoms. The lowest BCUT2D eigenvalue weighted by atomic mass is 10.1. The van der Waals surface area contributed by atoms with E-state index in [-0.39, 0.29) is 0 Å². The molecule has 0 unspecified atom stereocenters. The van der Waals surface area contributed by atoms with E-state index in [4.69, 9.17) is 4.42 Å². The van der Waals surface area contributed by atoms with Crippen molar-refractivity contribution in [3.63, 3.8) is 0 Å². The van der Waals surface area contributed by atoms with Crippen molar-refractivity contribution in [2.45, 2.75) is 19.9 Å². The molecule has 0 saturated heterocycles. The molecule has 0 fully saturated rings. The van der Waals surface area contributed by atoms with Crippen LogP contribution in [0.15, 0.2) is 53.3 Å². The quantitative estimate of drug-likeness (QED) is 0.726. The van der Waals surface area contributed by atoms with Crippen molar-refractivity contribution in [3.8, 4) is 0 Å². The largest absolute Gasteiger partial charge is 0.467 e. The molecule has 0 bridgehead atoms. The van der Waals surface area contributed by atoms with Gasteiger partial charge in [0, 0.05) is 5.69 Å². The normalized spacial score (nSPS) is 10.4. The lowest BCUT2D eigenvalue weighted by molar-refractivity contribution is 0.517. The first-order valence-corrected chi connectivity index (χ1v) is 7.15. The molecule has 0 atom stereocenters. The highest BCUT2D eigenvalue weighted by Gasteiger charge is 2.02. The number of aromatic nitrogens is 3. The highest BCUT2D eigenvalue weighted by molar-refractivity contribution is 5.54. The molecule has 0 aliphatic carbocycles. The molecule has 0 radical (unpaired) electrons. The second-order valence-corrected chi connectivity index (χ2v) is 4.77. The Morgan fingerprint density at radius 3 is 2.73 bits per heavy atom. The second kappa shape index (κ2) is 6.71. The van der Waals surface area contributed by atoms with Gasteiger partial charge in [-0.05, 0) is 36.2 Å². The molecule has 2 aromatic heterocycles. The van der Waals surface area contributed by atoms with Gasteiger partial charge in [0.25, 0.3) is 0 Å². The third kappa shape index (κ3) is 3.60. The van der Waals surface area contributed by atoms with Gasteiger partial charge in [-0.1, -0.05) is 19.1 Å². The summed E-state index contributed by atoms with van der Waals surface area (Å²) in [5, 5.41) is 14.2. The number of anilines is 3. The smallest absolute Gasteiger partial charge is 0.249 e. The highest BCUT2D eigenvalue weighted by atomic mass is 16.3. The number of hydrogen-bond donors (Lipinski definition) is 2. The van der Waals surface area contributed by atoms with Crippen LogP contribution in [0.1, 0.15) is 18.2 Å². The minimum absolute atomic E-state index is 0.452. The molecule has 0 aliphatic rings. The fraction of sp³-hybridized carbons (Fsp3) is 0.188. The number of nitrogens with zero attached hydrogens (tertiary/aromatic N) is 3. The predicted octanol–water partition coefficient (Wildman–Crippen LogP) is 3.38. The maximum absolute atomic E-state index is 5.26. The minimum atomic E-state index is 0.452. The maximum Gasteiger partial charge on any atom is 0.249 e. The van der Waals surface area contributed by atoms with Gasteiger partial charge in [-0.15, -0.1) is 5.10 Å². The van der Waals surface area contributed by atoms with Crippen molar-refractivity contribution in [1.82, 2.24) is 15.2 Å². The van der Waals surface area contributed by atoms with Crippen molar-refractivity contribution >= 4 is 17.5 Å². The van der Waals surface area contributed by atoms with E-state index in [0.717, 1.165) is 17.9 Å². The molecule has 6 nitrogen and oxygen atoms in total. The zero-order chi connectivity index (χ0) is 15.2. The minimum Gasteiger partial charge on any atom is -0.467 e. The lowest BCUT2D eigenvalue weighted by Gasteiger charge is -2.07. The molecule has 0 amide bonds. The summed E-state index contributed by atoms with van der Waals surface area (Å²) in [6.07, 6.45) is 4.24. The molecular weight excluding hydrogens is 278 g/mol. The Balaban J connectivity index is 1.65. The first-order valence-electron chi connectivity index (χ1n) is 7.15. The average Bonchev–Trinajstić information content (AvgIpc) is 3.08. The van der Waals surface area contributed by atoms with Crippen LogP contribution in [-0.4, -0.2) is 15.2 Å². The van der Waals surface area contributed by atoms with Crippen molar-refractivity contribution < 1.29 is 4.42 Å². The number of rotatable bonds is 6. The first-order chi connectivity index (χ1) is 10.8. The van der Waals surface area contributed by atoms with E-state index >= 15 is 0 Å². The zero-order valence-electron chi connectivity index (χ0n) is 12.3. The summed E-state index contributed by atoms with van der Waals surface area (Å²) >= 11 is 0. The number of benzene rings is 1. The monoisotopic (exact) mass is 295 g/mol. The van der Waals surface area contributed by atoms with Crippen LogP contribution < -0.4 is 10.6 Å². The van der Waals surface area contributed by atoms with Gasteiger partial charge in [0.2, 0.25) is 5.95 Å². The number of nitrogens with one attached hydrogen (secondary N) is 2. The Morgan fingerprint density at radius 1 is 1.14 bits per heavy atom. The summed E-state index contributed by atoms with van der Waals surface area (Å²) in [5.74, 6) is 1.93. The van der Waals surface area contributed by atoms with Gasteiger partial charge in [0.05, 0.1) is 19.0 Å². The molecule has 3 rings (SSSR count). The zero-order valence-corrected chi connectivity index (χ0v) is 12.3. The molecule has 2 heterocycles. The van der Waals surface area contributed by atoms with Crippen LogP contribution in [0.25, 0.3) is 0 Å². The summed E-state index contributed by atoms with van der Waals surface area (Å²) in [5.41, 5.74) is 2.22. The van der Waals surface area contributed by atoms with E-state index in [9.17, 15) is 0 Å². The van der Waals surface area contributed by atoms with Gasteiger partial charge in [-0.2, -0.15) is 10.1 Å². The van der Waals surface area contributed by atoms with Crippen LogP contribution in [0, 0.1) is 0 Å². The van der Waals surface area contributed by atoms with Crippen LogP contribution >= 0.6 is 0 Å². The molecule has 1 aromatic carbocycles. The van der Waals surface area contributed by atoms with Crippen LogP contribution in [-0.2, 0) is 13.0 Å². The van der Waals surface area contributed by atoms with Gasteiger partial charge in [0.1, 0.15) is 5.76 Å². The van der Waals surface area contributed by atoms with Crippen LogP contribution in [0.3, 0.4) is 0 Å². The summed E-state index contributed by atoms with van der Waals surface area (Å²) in [6, 6.07) is 11.9. The third-order valence-corrected chi connectivity index (χ3v) is 3.20. The SMILES string of the molecule is CCc1ccc(Nc2nncc(NCc3ccco3)n2)cc1. The maximum atomic E-state index is 5.26. The molecular formula is C16H17N5O. The van der Waals surface area contributed by atoms with Gasteiger partial charge < -0.3 is 15.1 Å². The Labute approximate surface area is 128 Å². The molecule has 6 heteroatoms. The number of aryl methyl sites for hydroxylation is 1. The topological polar surface area (TPSA) is 75.9 Å². The van der Waals surface area contributed by atoms with E-state index in [0.29, 0.717) is 18.3 Å². The highest BCUT2D eigenvalue weighted by Crippen LogP contribution is 2.15. The van der Waals surface area contributed by atoms with Crippen LogP contribution in [0.2, 0.25) is 0 Å². The molecule has 112 valence electrons. The van der Waals surface area contributed by atoms with E-state index in [1.54, 1.807) is 12.5 Å². The van der Waals surface area contributed by atoms with Crippen molar-refractivity contribution in [3.05, 3.63) is 60.2 Å². The first kappa shape index (κ1) is 14.1. The molecule has 0 aliphatic heterocycles. The molecule has 0 saturated carbocycles. The average molecular weight is 295 g/mol.